The molecule has 2 aromatic rings. The number of imide groups is 1. The molecule has 1 heterocycles. The van der Waals surface area contributed by atoms with Gasteiger partial charge in [-0.25, -0.2) is 0 Å². The van der Waals surface area contributed by atoms with Crippen LogP contribution in [0.5, 0.6) is 0 Å². The minimum atomic E-state index is -0.533. The summed E-state index contributed by atoms with van der Waals surface area (Å²) >= 11 is 0. The summed E-state index contributed by atoms with van der Waals surface area (Å²) in [6, 6.07) is 14.7. The van der Waals surface area contributed by atoms with Crippen LogP contribution >= 0.6 is 0 Å². The number of amides is 2. The van der Waals surface area contributed by atoms with Gasteiger partial charge in [0.2, 0.25) is 11.5 Å². The van der Waals surface area contributed by atoms with Gasteiger partial charge in [-0.1, -0.05) is 50.2 Å². The number of hydrogen-bond donors (Lipinski definition) is 1. The van der Waals surface area contributed by atoms with E-state index in [0.29, 0.717) is 18.4 Å². The van der Waals surface area contributed by atoms with Crippen LogP contribution < -0.4 is 5.43 Å². The van der Waals surface area contributed by atoms with Crippen molar-refractivity contribution in [3.63, 3.8) is 0 Å². The van der Waals surface area contributed by atoms with Gasteiger partial charge < -0.3 is 0 Å². The number of hydrogen-bond acceptors (Lipinski definition) is 6. The van der Waals surface area contributed by atoms with Crippen molar-refractivity contribution in [1.82, 2.24) is 4.90 Å². The van der Waals surface area contributed by atoms with Crippen molar-refractivity contribution in [2.24, 2.45) is 5.10 Å². The van der Waals surface area contributed by atoms with E-state index in [-0.39, 0.29) is 51.5 Å². The van der Waals surface area contributed by atoms with E-state index in [9.17, 15) is 19.6 Å². The zero-order valence-corrected chi connectivity index (χ0v) is 17.4. The summed E-state index contributed by atoms with van der Waals surface area (Å²) in [4.78, 5) is 39.4. The van der Waals surface area contributed by atoms with Gasteiger partial charge in [-0.15, -0.1) is 0 Å². The summed E-state index contributed by atoms with van der Waals surface area (Å²) in [5.41, 5.74) is 3.40. The molecule has 3 rings (SSSR count). The molecule has 0 atom stereocenters. The zero-order valence-electron chi connectivity index (χ0n) is 16.5. The van der Waals surface area contributed by atoms with E-state index in [4.69, 9.17) is 0 Å². The Morgan fingerprint density at radius 2 is 1.73 bits per heavy atom. The smallest absolute Gasteiger partial charge is 0.286 e. The third kappa shape index (κ3) is 4.18. The van der Waals surface area contributed by atoms with Crippen molar-refractivity contribution in [3.8, 4) is 6.07 Å². The summed E-state index contributed by atoms with van der Waals surface area (Å²) in [5, 5.41) is 13.2. The van der Waals surface area contributed by atoms with Crippen molar-refractivity contribution in [3.05, 3.63) is 65.2 Å². The minimum Gasteiger partial charge on any atom is -0.286 e. The predicted octanol–water partition coefficient (Wildman–Crippen LogP) is 3.64. The quantitative estimate of drug-likeness (QED) is 0.227. The number of nitrogens with one attached hydrogen (secondary N) is 1. The van der Waals surface area contributed by atoms with Gasteiger partial charge in [0.05, 0.1) is 16.8 Å². The fraction of sp³-hybridized carbons (Fsp3) is 0.227. The van der Waals surface area contributed by atoms with Crippen molar-refractivity contribution in [2.45, 2.75) is 32.7 Å². The Bertz CT molecular complexity index is 1040. The summed E-state index contributed by atoms with van der Waals surface area (Å²) in [7, 11) is 0. The predicted molar refractivity (Wildman–Crippen MR) is 109 cm³/mol. The van der Waals surface area contributed by atoms with E-state index in [1.54, 1.807) is 54.6 Å². The molecule has 30 heavy (non-hydrogen) atoms. The van der Waals surface area contributed by atoms with Crippen LogP contribution in [0, 0.1) is 11.3 Å². The molecule has 1 radical (unpaired) electrons. The maximum atomic E-state index is 12.9. The number of carbonyl (C=O) groups is 3. The zero-order chi connectivity index (χ0) is 21.0. The van der Waals surface area contributed by atoms with Crippen molar-refractivity contribution in [1.29, 1.82) is 5.26 Å². The molecule has 0 unspecified atom stereocenters. The molecule has 0 bridgehead atoms. The van der Waals surface area contributed by atoms with Gasteiger partial charge in [-0.3, -0.25) is 24.7 Å². The van der Waals surface area contributed by atoms with Gasteiger partial charge in [0.1, 0.15) is 6.07 Å². The van der Waals surface area contributed by atoms with Crippen LogP contribution in [0.1, 0.15) is 57.8 Å². The molecule has 7 nitrogen and oxygen atoms in total. The number of nitriles is 1. The first-order valence-corrected chi connectivity index (χ1v) is 9.37. The van der Waals surface area contributed by atoms with E-state index in [1.165, 1.54) is 4.90 Å². The van der Waals surface area contributed by atoms with Gasteiger partial charge >= 0.3 is 17.1 Å². The van der Waals surface area contributed by atoms with E-state index < -0.39 is 11.7 Å². The van der Waals surface area contributed by atoms with Crippen LogP contribution in [0.3, 0.4) is 0 Å². The molecule has 1 aliphatic rings. The van der Waals surface area contributed by atoms with Gasteiger partial charge in [0.25, 0.3) is 11.8 Å². The minimum absolute atomic E-state index is 0. The van der Waals surface area contributed by atoms with Gasteiger partial charge in [0, 0.05) is 11.6 Å². The van der Waals surface area contributed by atoms with Crippen LogP contribution in [-0.2, 0) is 17.1 Å². The Kier molecular flexibility index (Phi) is 7.65. The first-order chi connectivity index (χ1) is 14.0. The van der Waals surface area contributed by atoms with E-state index in [2.05, 4.69) is 10.5 Å². The maximum Gasteiger partial charge on any atom is 2.00 e. The SMILES string of the molecule is CCC(CC)N1C(=O)c2cccc(NN=C(C#N)C(=O)c3ccccc3)c2C1=O.[Cu+2]. The van der Waals surface area contributed by atoms with Crippen LogP contribution in [0.15, 0.2) is 53.6 Å². The number of anilines is 1. The number of ketones is 1. The molecule has 0 saturated carbocycles. The Balaban J connectivity index is 0.00000320. The molecule has 2 amide bonds. The Labute approximate surface area is 185 Å². The van der Waals surface area contributed by atoms with Gasteiger partial charge in [0.15, 0.2) is 0 Å². The number of Topliss-reactive ketones (excluding diaryl/α,β-unsaturated/α-hetero) is 1. The first kappa shape index (κ1) is 23.0. The second-order valence-electron chi connectivity index (χ2n) is 6.56. The molecular weight excluding hydrogens is 432 g/mol. The molecule has 2 aromatic carbocycles. The average Bonchev–Trinajstić information content (AvgIpc) is 3.01. The number of carbonyl (C=O) groups excluding carboxylic acids is 3. The molecule has 0 saturated heterocycles. The molecule has 1 aliphatic heterocycles. The number of rotatable bonds is 7. The van der Waals surface area contributed by atoms with Crippen LogP contribution in [0.4, 0.5) is 5.69 Å². The summed E-state index contributed by atoms with van der Waals surface area (Å²) in [6.45, 7) is 3.85. The molecule has 0 aromatic heterocycles. The van der Waals surface area contributed by atoms with Gasteiger partial charge in [-0.05, 0) is 25.0 Å². The number of hydrazone groups is 1. The topological polar surface area (TPSA) is 103 Å². The van der Waals surface area contributed by atoms with E-state index >= 15 is 0 Å². The largest absolute Gasteiger partial charge is 2.00 e. The van der Waals surface area contributed by atoms with Crippen LogP contribution in [0.2, 0.25) is 0 Å². The fourth-order valence-electron chi connectivity index (χ4n) is 3.35. The monoisotopic (exact) mass is 451 g/mol. The second kappa shape index (κ2) is 9.97. The maximum absolute atomic E-state index is 12.9. The summed E-state index contributed by atoms with van der Waals surface area (Å²) < 4.78 is 0. The molecule has 0 spiro atoms. The molecule has 155 valence electrons. The Hall–Kier alpha value is -3.27. The van der Waals surface area contributed by atoms with E-state index in [1.807, 2.05) is 13.8 Å². The van der Waals surface area contributed by atoms with Crippen molar-refractivity contribution < 1.29 is 31.5 Å². The number of benzene rings is 2. The first-order valence-electron chi connectivity index (χ1n) is 9.37. The van der Waals surface area contributed by atoms with Crippen LogP contribution in [0.25, 0.3) is 0 Å². The fourth-order valence-corrected chi connectivity index (χ4v) is 3.35. The Morgan fingerprint density at radius 1 is 1.07 bits per heavy atom. The van der Waals surface area contributed by atoms with E-state index in [0.717, 1.165) is 0 Å². The third-order valence-electron chi connectivity index (χ3n) is 4.90. The summed E-state index contributed by atoms with van der Waals surface area (Å²) in [5.74, 6) is -1.27. The van der Waals surface area contributed by atoms with Crippen molar-refractivity contribution in [2.75, 3.05) is 5.43 Å². The van der Waals surface area contributed by atoms with Gasteiger partial charge in [-0.2, -0.15) is 10.4 Å². The number of fused-ring (bicyclic) bond motifs is 1. The average molecular weight is 452 g/mol. The molecule has 0 fully saturated rings. The summed E-state index contributed by atoms with van der Waals surface area (Å²) in [6.07, 6.45) is 1.32. The molecule has 1 N–H and O–H groups in total. The third-order valence-corrected chi connectivity index (χ3v) is 4.90. The molecule has 0 aliphatic carbocycles. The Morgan fingerprint density at radius 3 is 2.33 bits per heavy atom. The normalized spacial score (nSPS) is 13.0. The number of nitrogens with zero attached hydrogens (tertiary/aromatic N) is 3. The van der Waals surface area contributed by atoms with Crippen molar-refractivity contribution >= 4 is 29.0 Å². The second-order valence-corrected chi connectivity index (χ2v) is 6.56. The molecular formula is C22H20CuN4O3+2. The van der Waals surface area contributed by atoms with Crippen LogP contribution in [-0.4, -0.2) is 34.3 Å². The molecule has 8 heteroatoms. The standard InChI is InChI=1S/C22H20N4O3.Cu/c1-3-15(4-2)26-21(28)16-11-8-12-17(19(16)22(26)29)24-25-18(13-23)20(27)14-9-6-5-7-10-14;/h5-12,15,24H,3-4H2,1-2H3;/q;+2.